The van der Waals surface area contributed by atoms with Crippen molar-refractivity contribution in [1.82, 2.24) is 0 Å². The van der Waals surface area contributed by atoms with Gasteiger partial charge in [0.15, 0.2) is 0 Å². The molecule has 1 saturated carbocycles. The van der Waals surface area contributed by atoms with Crippen LogP contribution in [0.5, 0.6) is 5.75 Å². The molecular weight excluding hydrogens is 379 g/mol. The number of ether oxygens (including phenoxy) is 1. The van der Waals surface area contributed by atoms with E-state index in [-0.39, 0.29) is 5.92 Å². The summed E-state index contributed by atoms with van der Waals surface area (Å²) in [6, 6.07) is 6.71. The summed E-state index contributed by atoms with van der Waals surface area (Å²) >= 11 is 17.9. The lowest BCUT2D eigenvalue weighted by Crippen LogP contribution is -2.18. The summed E-state index contributed by atoms with van der Waals surface area (Å²) in [6.45, 7) is 4.96. The van der Waals surface area contributed by atoms with Gasteiger partial charge >= 0.3 is 6.00 Å². The second-order valence-electron chi connectivity index (χ2n) is 7.31. The van der Waals surface area contributed by atoms with E-state index in [1.165, 1.54) is 44.1 Å². The van der Waals surface area contributed by atoms with Crippen molar-refractivity contribution in [2.45, 2.75) is 64.3 Å². The molecule has 0 bridgehead atoms. The summed E-state index contributed by atoms with van der Waals surface area (Å²) in [5.41, 5.74) is 1.46. The molecule has 24 heavy (non-hydrogen) atoms. The van der Waals surface area contributed by atoms with E-state index in [1.807, 2.05) is 0 Å². The third kappa shape index (κ3) is 7.15. The van der Waals surface area contributed by atoms with Gasteiger partial charge in [-0.3, -0.25) is 0 Å². The first kappa shape index (κ1) is 20.4. The SMILES string of the molecule is CCC[C@H]1CC[C@H](c2ccc(OCC(C)C[Si](Cl)(Cl)Cl)cc2)CC1. The first-order chi connectivity index (χ1) is 11.4. The molecule has 1 aliphatic carbocycles. The van der Waals surface area contributed by atoms with Gasteiger partial charge in [-0.05, 0) is 67.2 Å². The van der Waals surface area contributed by atoms with Crippen LogP contribution >= 0.6 is 33.2 Å². The summed E-state index contributed by atoms with van der Waals surface area (Å²) in [7, 11) is 0. The first-order valence-corrected chi connectivity index (χ1v) is 14.4. The molecule has 1 aromatic rings. The minimum absolute atomic E-state index is 0.262. The molecule has 1 unspecified atom stereocenters. The molecule has 136 valence electrons. The van der Waals surface area contributed by atoms with Crippen LogP contribution in [0.2, 0.25) is 6.04 Å². The fourth-order valence-corrected chi connectivity index (χ4v) is 7.00. The Kier molecular flexibility index (Phi) is 8.26. The van der Waals surface area contributed by atoms with Gasteiger partial charge < -0.3 is 4.74 Å². The molecule has 1 nitrogen and oxygen atoms in total. The second kappa shape index (κ2) is 9.71. The van der Waals surface area contributed by atoms with Crippen LogP contribution in [0.4, 0.5) is 0 Å². The van der Waals surface area contributed by atoms with Gasteiger partial charge in [0.25, 0.3) is 0 Å². The highest BCUT2D eigenvalue weighted by molar-refractivity contribution is 7.64. The third-order valence-electron chi connectivity index (χ3n) is 5.01. The summed E-state index contributed by atoms with van der Waals surface area (Å²) < 4.78 is 5.85. The molecule has 1 atom stereocenters. The molecule has 0 heterocycles. The zero-order valence-electron chi connectivity index (χ0n) is 14.7. The van der Waals surface area contributed by atoms with Gasteiger partial charge in [0.1, 0.15) is 5.75 Å². The Labute approximate surface area is 162 Å². The molecule has 2 rings (SSSR count). The van der Waals surface area contributed by atoms with Crippen LogP contribution in [-0.2, 0) is 0 Å². The number of rotatable bonds is 8. The van der Waals surface area contributed by atoms with E-state index in [1.54, 1.807) is 0 Å². The van der Waals surface area contributed by atoms with Crippen LogP contribution in [0.25, 0.3) is 0 Å². The summed E-state index contributed by atoms with van der Waals surface area (Å²) in [5, 5.41) is 0. The van der Waals surface area contributed by atoms with Crippen LogP contribution in [-0.4, -0.2) is 12.6 Å². The smallest absolute Gasteiger partial charge is 0.341 e. The molecule has 0 aliphatic heterocycles. The molecule has 0 amide bonds. The van der Waals surface area contributed by atoms with Gasteiger partial charge in [0, 0.05) is 0 Å². The predicted octanol–water partition coefficient (Wildman–Crippen LogP) is 7.43. The summed E-state index contributed by atoms with van der Waals surface area (Å²) in [5.74, 6) is 2.85. The average molecular weight is 408 g/mol. The zero-order chi connectivity index (χ0) is 17.6. The largest absolute Gasteiger partial charge is 0.493 e. The fraction of sp³-hybridized carbons (Fsp3) is 0.684. The van der Waals surface area contributed by atoms with Crippen LogP contribution in [0.1, 0.15) is 63.9 Å². The van der Waals surface area contributed by atoms with Gasteiger partial charge in [-0.2, -0.15) is 0 Å². The molecule has 1 aromatic carbocycles. The Morgan fingerprint density at radius 3 is 2.25 bits per heavy atom. The van der Waals surface area contributed by atoms with Crippen molar-refractivity contribution in [1.29, 1.82) is 0 Å². The van der Waals surface area contributed by atoms with Crippen LogP contribution < -0.4 is 4.74 Å². The highest BCUT2D eigenvalue weighted by Crippen LogP contribution is 2.38. The molecule has 0 radical (unpaired) electrons. The quantitative estimate of drug-likeness (QED) is 0.321. The lowest BCUT2D eigenvalue weighted by Gasteiger charge is -2.28. The molecule has 5 heteroatoms. The lowest BCUT2D eigenvalue weighted by molar-refractivity contribution is 0.270. The van der Waals surface area contributed by atoms with Gasteiger partial charge in [-0.1, -0.05) is 38.8 Å². The van der Waals surface area contributed by atoms with Crippen molar-refractivity contribution in [3.05, 3.63) is 29.8 Å². The van der Waals surface area contributed by atoms with Crippen LogP contribution in [0.15, 0.2) is 24.3 Å². The minimum atomic E-state index is -2.57. The van der Waals surface area contributed by atoms with Gasteiger partial charge in [0.2, 0.25) is 0 Å². The second-order valence-corrected chi connectivity index (χ2v) is 16.5. The number of halogens is 3. The van der Waals surface area contributed by atoms with E-state index in [9.17, 15) is 0 Å². The molecule has 0 spiro atoms. The predicted molar refractivity (Wildman–Crippen MR) is 109 cm³/mol. The van der Waals surface area contributed by atoms with E-state index in [2.05, 4.69) is 38.1 Å². The summed E-state index contributed by atoms with van der Waals surface area (Å²) in [6.07, 6.45) is 8.14. The Balaban J connectivity index is 1.79. The highest BCUT2D eigenvalue weighted by atomic mass is 35.8. The van der Waals surface area contributed by atoms with Crippen molar-refractivity contribution in [2.75, 3.05) is 6.61 Å². The molecule has 0 N–H and O–H groups in total. The van der Waals surface area contributed by atoms with Gasteiger partial charge in [-0.25, -0.2) is 0 Å². The van der Waals surface area contributed by atoms with E-state index in [0.717, 1.165) is 17.6 Å². The standard InChI is InChI=1S/C19H29Cl3OSi/c1-3-4-16-5-7-17(8-6-16)18-9-11-19(12-10-18)23-13-15(2)14-24(20,21)22/h9-12,15-17H,3-8,13-14H2,1-2H3/t15?,16-,17-. The fourth-order valence-electron chi connectivity index (χ4n) is 3.72. The van der Waals surface area contributed by atoms with Crippen molar-refractivity contribution in [3.8, 4) is 5.75 Å². The van der Waals surface area contributed by atoms with E-state index in [4.69, 9.17) is 38.0 Å². The maximum Gasteiger partial charge on any atom is 0.341 e. The van der Waals surface area contributed by atoms with E-state index in [0.29, 0.717) is 12.7 Å². The maximum atomic E-state index is 5.96. The van der Waals surface area contributed by atoms with Crippen molar-refractivity contribution in [2.24, 2.45) is 11.8 Å². The molecule has 0 saturated heterocycles. The number of hydrogen-bond donors (Lipinski definition) is 0. The molecular formula is C19H29Cl3OSi. The maximum absolute atomic E-state index is 5.96. The Hall–Kier alpha value is 0.107. The monoisotopic (exact) mass is 406 g/mol. The molecule has 0 aromatic heterocycles. The first-order valence-electron chi connectivity index (χ1n) is 9.17. The Morgan fingerprint density at radius 2 is 1.71 bits per heavy atom. The lowest BCUT2D eigenvalue weighted by atomic mass is 9.77. The highest BCUT2D eigenvalue weighted by Gasteiger charge is 2.28. The van der Waals surface area contributed by atoms with Crippen LogP contribution in [0, 0.1) is 11.8 Å². The molecule has 1 fully saturated rings. The zero-order valence-corrected chi connectivity index (χ0v) is 18.0. The number of hydrogen-bond acceptors (Lipinski definition) is 1. The van der Waals surface area contributed by atoms with E-state index < -0.39 is 6.00 Å². The van der Waals surface area contributed by atoms with Crippen molar-refractivity contribution in [3.63, 3.8) is 0 Å². The van der Waals surface area contributed by atoms with Crippen LogP contribution in [0.3, 0.4) is 0 Å². The third-order valence-corrected chi connectivity index (χ3v) is 7.56. The van der Waals surface area contributed by atoms with Gasteiger partial charge in [-0.15, -0.1) is 33.2 Å². The Bertz CT molecular complexity index is 478. The van der Waals surface area contributed by atoms with Crippen molar-refractivity contribution >= 4 is 39.2 Å². The number of benzene rings is 1. The van der Waals surface area contributed by atoms with E-state index >= 15 is 0 Å². The van der Waals surface area contributed by atoms with Gasteiger partial charge in [0.05, 0.1) is 6.61 Å². The minimum Gasteiger partial charge on any atom is -0.493 e. The van der Waals surface area contributed by atoms with Crippen molar-refractivity contribution < 1.29 is 4.74 Å². The molecule has 1 aliphatic rings. The Morgan fingerprint density at radius 1 is 1.08 bits per heavy atom. The average Bonchev–Trinajstić information content (AvgIpc) is 2.53. The topological polar surface area (TPSA) is 9.23 Å². The summed E-state index contributed by atoms with van der Waals surface area (Å²) in [4.78, 5) is 0. The normalized spacial score (nSPS) is 23.0.